The predicted octanol–water partition coefficient (Wildman–Crippen LogP) is 4.66. The zero-order valence-electron chi connectivity index (χ0n) is 16.1. The molecule has 0 aliphatic carbocycles. The van der Waals surface area contributed by atoms with Gasteiger partial charge in [-0.15, -0.1) is 0 Å². The molecule has 2 fully saturated rings. The van der Waals surface area contributed by atoms with Gasteiger partial charge in [-0.05, 0) is 61.9 Å². The highest BCUT2D eigenvalue weighted by Gasteiger charge is 2.31. The van der Waals surface area contributed by atoms with Crippen molar-refractivity contribution in [1.82, 2.24) is 4.90 Å². The second-order valence-electron chi connectivity index (χ2n) is 7.50. The molecule has 0 N–H and O–H groups in total. The van der Waals surface area contributed by atoms with Crippen molar-refractivity contribution in [2.24, 2.45) is 0 Å². The molecule has 2 heterocycles. The van der Waals surface area contributed by atoms with Crippen molar-refractivity contribution in [2.75, 3.05) is 31.6 Å². The summed E-state index contributed by atoms with van der Waals surface area (Å²) in [5, 5.41) is 0. The number of piperidine rings is 1. The molecule has 0 spiro atoms. The maximum Gasteiger partial charge on any atom is 0.256 e. The lowest BCUT2D eigenvalue weighted by atomic mass is 9.94. The number of amides is 1. The molecule has 0 radical (unpaired) electrons. The molecule has 1 amide bonds. The van der Waals surface area contributed by atoms with Gasteiger partial charge in [0, 0.05) is 25.3 Å². The summed E-state index contributed by atoms with van der Waals surface area (Å²) < 4.78 is 5.40. The van der Waals surface area contributed by atoms with Gasteiger partial charge in [0.05, 0.1) is 18.7 Å². The third-order valence-corrected chi connectivity index (χ3v) is 5.82. The minimum atomic E-state index is 0.119. The van der Waals surface area contributed by atoms with Crippen LogP contribution in [0, 0.1) is 0 Å². The Morgan fingerprint density at radius 3 is 2.56 bits per heavy atom. The van der Waals surface area contributed by atoms with Gasteiger partial charge in [0.25, 0.3) is 5.91 Å². The smallest absolute Gasteiger partial charge is 0.256 e. The Morgan fingerprint density at radius 2 is 1.74 bits per heavy atom. The third-order valence-electron chi connectivity index (χ3n) is 5.82. The summed E-state index contributed by atoms with van der Waals surface area (Å²) in [5.41, 5.74) is 3.10. The number of hydrogen-bond donors (Lipinski definition) is 0. The molecule has 2 aromatic carbocycles. The molecule has 27 heavy (non-hydrogen) atoms. The van der Waals surface area contributed by atoms with Gasteiger partial charge in [0.2, 0.25) is 0 Å². The highest BCUT2D eigenvalue weighted by Crippen LogP contribution is 2.35. The Kier molecular flexibility index (Phi) is 5.33. The summed E-state index contributed by atoms with van der Waals surface area (Å²) in [7, 11) is 1.69. The number of likely N-dealkylation sites (tertiary alicyclic amines) is 1. The van der Waals surface area contributed by atoms with Crippen LogP contribution < -0.4 is 9.64 Å². The monoisotopic (exact) mass is 364 g/mol. The largest absolute Gasteiger partial charge is 0.497 e. The van der Waals surface area contributed by atoms with E-state index in [1.807, 2.05) is 30.3 Å². The van der Waals surface area contributed by atoms with Crippen molar-refractivity contribution in [2.45, 2.75) is 38.1 Å². The van der Waals surface area contributed by atoms with E-state index in [-0.39, 0.29) is 11.9 Å². The fourth-order valence-corrected chi connectivity index (χ4v) is 4.41. The fraction of sp³-hybridized carbons (Fsp3) is 0.435. The number of anilines is 1. The van der Waals surface area contributed by atoms with E-state index in [4.69, 9.17) is 4.74 Å². The molecule has 0 saturated carbocycles. The number of nitrogens with zero attached hydrogens (tertiary/aromatic N) is 2. The van der Waals surface area contributed by atoms with E-state index in [0.29, 0.717) is 0 Å². The summed E-state index contributed by atoms with van der Waals surface area (Å²) in [6.07, 6.45) is 5.64. The topological polar surface area (TPSA) is 32.8 Å². The Labute approximate surface area is 161 Å². The maximum atomic E-state index is 13.6. The molecule has 2 aromatic rings. The SMILES string of the molecule is COc1cccc([C@@H]2CCCCN2C(=O)c2ccccc2N2CCCC2)c1. The van der Waals surface area contributed by atoms with Crippen molar-refractivity contribution in [3.05, 3.63) is 59.7 Å². The van der Waals surface area contributed by atoms with Crippen LogP contribution in [0.25, 0.3) is 0 Å². The Hall–Kier alpha value is -2.49. The number of carbonyl (C=O) groups excluding carboxylic acids is 1. The molecular formula is C23H28N2O2. The molecule has 142 valence electrons. The molecule has 4 rings (SSSR count). The molecule has 4 nitrogen and oxygen atoms in total. The molecule has 0 bridgehead atoms. The average molecular weight is 364 g/mol. The van der Waals surface area contributed by atoms with E-state index in [1.54, 1.807) is 7.11 Å². The van der Waals surface area contributed by atoms with Crippen LogP contribution in [-0.2, 0) is 0 Å². The first-order chi connectivity index (χ1) is 13.3. The van der Waals surface area contributed by atoms with Gasteiger partial charge in [0.15, 0.2) is 0 Å². The van der Waals surface area contributed by atoms with Gasteiger partial charge in [0.1, 0.15) is 5.75 Å². The fourth-order valence-electron chi connectivity index (χ4n) is 4.41. The van der Waals surface area contributed by atoms with Gasteiger partial charge >= 0.3 is 0 Å². The minimum absolute atomic E-state index is 0.119. The van der Waals surface area contributed by atoms with Gasteiger partial charge in [-0.2, -0.15) is 0 Å². The molecule has 2 saturated heterocycles. The summed E-state index contributed by atoms with van der Waals surface area (Å²) in [4.78, 5) is 18.0. The summed E-state index contributed by atoms with van der Waals surface area (Å²) >= 11 is 0. The highest BCUT2D eigenvalue weighted by molar-refractivity contribution is 6.00. The standard InChI is InChI=1S/C23H28N2O2/c1-27-19-10-8-9-18(17-19)21-12-4-5-16-25(21)23(26)20-11-2-3-13-22(20)24-14-6-7-15-24/h2-3,8-11,13,17,21H,4-7,12,14-16H2,1H3/t21-/m0/s1. The van der Waals surface area contributed by atoms with Crippen molar-refractivity contribution in [3.63, 3.8) is 0 Å². The van der Waals surface area contributed by atoms with Gasteiger partial charge in [-0.1, -0.05) is 24.3 Å². The lowest BCUT2D eigenvalue weighted by Crippen LogP contribution is -2.39. The number of methoxy groups -OCH3 is 1. The summed E-state index contributed by atoms with van der Waals surface area (Å²) in [5.74, 6) is 1.01. The van der Waals surface area contributed by atoms with Crippen LogP contribution in [0.5, 0.6) is 5.75 Å². The zero-order valence-corrected chi connectivity index (χ0v) is 16.1. The first-order valence-electron chi connectivity index (χ1n) is 10.1. The second kappa shape index (κ2) is 8.03. The number of benzene rings is 2. The number of carbonyl (C=O) groups is 1. The lowest BCUT2D eigenvalue weighted by Gasteiger charge is -2.37. The summed E-state index contributed by atoms with van der Waals surface area (Å²) in [6.45, 7) is 2.91. The Balaban J connectivity index is 1.65. The van der Waals surface area contributed by atoms with Crippen molar-refractivity contribution in [1.29, 1.82) is 0 Å². The molecule has 2 aliphatic heterocycles. The Morgan fingerprint density at radius 1 is 0.963 bits per heavy atom. The van der Waals surface area contributed by atoms with Crippen LogP contribution in [0.1, 0.15) is 54.1 Å². The normalized spacial score (nSPS) is 20.0. The number of ether oxygens (including phenoxy) is 1. The van der Waals surface area contributed by atoms with Crippen LogP contribution in [0.15, 0.2) is 48.5 Å². The predicted molar refractivity (Wildman–Crippen MR) is 109 cm³/mol. The maximum absolute atomic E-state index is 13.6. The highest BCUT2D eigenvalue weighted by atomic mass is 16.5. The zero-order chi connectivity index (χ0) is 18.6. The van der Waals surface area contributed by atoms with E-state index < -0.39 is 0 Å². The molecule has 1 atom stereocenters. The van der Waals surface area contributed by atoms with Crippen molar-refractivity contribution in [3.8, 4) is 5.75 Å². The second-order valence-corrected chi connectivity index (χ2v) is 7.50. The molecular weight excluding hydrogens is 336 g/mol. The van der Waals surface area contributed by atoms with Gasteiger partial charge < -0.3 is 14.5 Å². The number of rotatable bonds is 4. The first-order valence-corrected chi connectivity index (χ1v) is 10.1. The molecule has 2 aliphatic rings. The number of para-hydroxylation sites is 1. The summed E-state index contributed by atoms with van der Waals surface area (Å²) in [6, 6.07) is 16.4. The van der Waals surface area contributed by atoms with E-state index in [1.165, 1.54) is 18.4 Å². The van der Waals surface area contributed by atoms with Crippen LogP contribution in [0.4, 0.5) is 5.69 Å². The van der Waals surface area contributed by atoms with E-state index in [2.05, 4.69) is 28.0 Å². The van der Waals surface area contributed by atoms with Crippen LogP contribution in [-0.4, -0.2) is 37.6 Å². The quantitative estimate of drug-likeness (QED) is 0.791. The van der Waals surface area contributed by atoms with Crippen LogP contribution in [0.3, 0.4) is 0 Å². The third kappa shape index (κ3) is 3.66. The first kappa shape index (κ1) is 17.9. The van der Waals surface area contributed by atoms with Crippen LogP contribution >= 0.6 is 0 Å². The van der Waals surface area contributed by atoms with Gasteiger partial charge in [-0.3, -0.25) is 4.79 Å². The van der Waals surface area contributed by atoms with Crippen molar-refractivity contribution >= 4 is 11.6 Å². The van der Waals surface area contributed by atoms with E-state index in [0.717, 1.165) is 55.9 Å². The van der Waals surface area contributed by atoms with Gasteiger partial charge in [-0.25, -0.2) is 0 Å². The Bertz CT molecular complexity index is 798. The minimum Gasteiger partial charge on any atom is -0.497 e. The van der Waals surface area contributed by atoms with E-state index >= 15 is 0 Å². The van der Waals surface area contributed by atoms with Crippen LogP contribution in [0.2, 0.25) is 0 Å². The molecule has 0 unspecified atom stereocenters. The number of hydrogen-bond acceptors (Lipinski definition) is 3. The molecule has 4 heteroatoms. The average Bonchev–Trinajstić information content (AvgIpc) is 3.28. The lowest BCUT2D eigenvalue weighted by molar-refractivity contribution is 0.0612. The molecule has 0 aromatic heterocycles. The van der Waals surface area contributed by atoms with Crippen molar-refractivity contribution < 1.29 is 9.53 Å². The van der Waals surface area contributed by atoms with E-state index in [9.17, 15) is 4.79 Å².